The minimum absolute atomic E-state index is 0.000183. The second-order valence-corrected chi connectivity index (χ2v) is 6.41. The van der Waals surface area contributed by atoms with Crippen molar-refractivity contribution in [3.05, 3.63) is 66.2 Å². The fraction of sp³-hybridized carbons (Fsp3) is 0.300. The van der Waals surface area contributed by atoms with Crippen LogP contribution < -0.4 is 4.90 Å². The van der Waals surface area contributed by atoms with Gasteiger partial charge in [-0.05, 0) is 31.2 Å². The number of benzene rings is 2. The molecule has 1 heterocycles. The van der Waals surface area contributed by atoms with Crippen LogP contribution >= 0.6 is 0 Å². The molecule has 1 saturated heterocycles. The first-order valence-electron chi connectivity index (χ1n) is 8.45. The molecule has 2 atom stereocenters. The first-order valence-corrected chi connectivity index (χ1v) is 8.45. The predicted octanol–water partition coefficient (Wildman–Crippen LogP) is 2.88. The minimum Gasteiger partial charge on any atom is -0.481 e. The van der Waals surface area contributed by atoms with Crippen molar-refractivity contribution >= 4 is 17.6 Å². The lowest BCUT2D eigenvalue weighted by Crippen LogP contribution is -2.59. The van der Waals surface area contributed by atoms with Gasteiger partial charge in [0.1, 0.15) is 0 Å². The number of hydrogen-bond acceptors (Lipinski definition) is 3. The van der Waals surface area contributed by atoms with Crippen LogP contribution in [0.1, 0.15) is 23.7 Å². The number of rotatable bonds is 4. The van der Waals surface area contributed by atoms with E-state index in [-0.39, 0.29) is 24.4 Å². The van der Waals surface area contributed by atoms with Gasteiger partial charge < -0.3 is 14.9 Å². The third kappa shape index (κ3) is 3.82. The molecule has 0 radical (unpaired) electrons. The normalized spacial score (nSPS) is 20.4. The zero-order valence-electron chi connectivity index (χ0n) is 14.2. The van der Waals surface area contributed by atoms with Crippen LogP contribution in [-0.4, -0.2) is 47.1 Å². The Morgan fingerprint density at radius 2 is 1.60 bits per heavy atom. The Morgan fingerprint density at radius 3 is 2.20 bits per heavy atom. The highest BCUT2D eigenvalue weighted by Gasteiger charge is 2.35. The molecule has 5 heteroatoms. The Bertz CT molecular complexity index is 733. The molecule has 0 spiro atoms. The Hall–Kier alpha value is -2.82. The van der Waals surface area contributed by atoms with Gasteiger partial charge in [-0.3, -0.25) is 9.59 Å². The summed E-state index contributed by atoms with van der Waals surface area (Å²) in [5, 5.41) is 9.31. The van der Waals surface area contributed by atoms with Crippen molar-refractivity contribution in [3.63, 3.8) is 0 Å². The summed E-state index contributed by atoms with van der Waals surface area (Å²) in [6, 6.07) is 18.7. The summed E-state index contributed by atoms with van der Waals surface area (Å²) in [7, 11) is 0. The maximum Gasteiger partial charge on any atom is 0.305 e. The van der Waals surface area contributed by atoms with E-state index >= 15 is 0 Å². The third-order valence-electron chi connectivity index (χ3n) is 4.62. The second-order valence-electron chi connectivity index (χ2n) is 6.41. The molecule has 2 aromatic carbocycles. The van der Waals surface area contributed by atoms with Crippen LogP contribution in [0.4, 0.5) is 5.69 Å². The molecular weight excluding hydrogens is 316 g/mol. The number of aliphatic carboxylic acids is 1. The Kier molecular flexibility index (Phi) is 5.03. The van der Waals surface area contributed by atoms with E-state index in [1.54, 1.807) is 17.0 Å². The van der Waals surface area contributed by atoms with Crippen molar-refractivity contribution < 1.29 is 14.7 Å². The SMILES string of the molecule is C[C@H]1CN(c2ccccc2)[C@@H](CC(=O)O)CN1C(=O)c1ccccc1. The number of amides is 1. The second kappa shape index (κ2) is 7.38. The standard InChI is InChI=1S/C20H22N2O3/c1-15-13-22(17-10-6-3-7-11-17)18(12-19(23)24)14-21(15)20(25)16-8-4-2-5-9-16/h2-11,15,18H,12-14H2,1H3,(H,23,24)/t15-,18-/m0/s1. The van der Waals surface area contributed by atoms with Crippen molar-refractivity contribution in [2.75, 3.05) is 18.0 Å². The lowest BCUT2D eigenvalue weighted by Gasteiger charge is -2.46. The van der Waals surface area contributed by atoms with Gasteiger partial charge in [0.15, 0.2) is 0 Å². The van der Waals surface area contributed by atoms with E-state index in [2.05, 4.69) is 4.90 Å². The molecular formula is C20H22N2O3. The highest BCUT2D eigenvalue weighted by molar-refractivity contribution is 5.94. The monoisotopic (exact) mass is 338 g/mol. The molecule has 0 saturated carbocycles. The number of para-hydroxylation sites is 1. The lowest BCUT2D eigenvalue weighted by molar-refractivity contribution is -0.137. The van der Waals surface area contributed by atoms with Crippen molar-refractivity contribution in [2.45, 2.75) is 25.4 Å². The molecule has 1 aliphatic heterocycles. The maximum absolute atomic E-state index is 12.8. The fourth-order valence-corrected chi connectivity index (χ4v) is 3.38. The molecule has 130 valence electrons. The number of carboxylic acids is 1. The molecule has 1 aliphatic rings. The van der Waals surface area contributed by atoms with Gasteiger partial charge in [0.25, 0.3) is 5.91 Å². The van der Waals surface area contributed by atoms with Gasteiger partial charge in [-0.2, -0.15) is 0 Å². The Balaban J connectivity index is 1.85. The van der Waals surface area contributed by atoms with Gasteiger partial charge in [-0.15, -0.1) is 0 Å². The number of hydrogen-bond donors (Lipinski definition) is 1. The number of nitrogens with zero attached hydrogens (tertiary/aromatic N) is 2. The summed E-state index contributed by atoms with van der Waals surface area (Å²) >= 11 is 0. The van der Waals surface area contributed by atoms with Crippen molar-refractivity contribution in [2.24, 2.45) is 0 Å². The average molecular weight is 338 g/mol. The van der Waals surface area contributed by atoms with Crippen molar-refractivity contribution in [1.82, 2.24) is 4.90 Å². The zero-order chi connectivity index (χ0) is 17.8. The zero-order valence-corrected chi connectivity index (χ0v) is 14.2. The molecule has 0 aliphatic carbocycles. The van der Waals surface area contributed by atoms with Crippen LogP contribution in [0.3, 0.4) is 0 Å². The summed E-state index contributed by atoms with van der Waals surface area (Å²) in [6.07, 6.45) is 0.000183. The molecule has 0 bridgehead atoms. The van der Waals surface area contributed by atoms with E-state index in [0.29, 0.717) is 18.7 Å². The van der Waals surface area contributed by atoms with Crippen LogP contribution in [0.15, 0.2) is 60.7 Å². The largest absolute Gasteiger partial charge is 0.481 e. The predicted molar refractivity (Wildman–Crippen MR) is 96.8 cm³/mol. The molecule has 1 N–H and O–H groups in total. The van der Waals surface area contributed by atoms with Crippen molar-refractivity contribution in [3.8, 4) is 0 Å². The van der Waals surface area contributed by atoms with E-state index < -0.39 is 5.97 Å². The summed E-state index contributed by atoms with van der Waals surface area (Å²) in [5.74, 6) is -0.899. The first kappa shape index (κ1) is 17.0. The van der Waals surface area contributed by atoms with E-state index in [4.69, 9.17) is 0 Å². The summed E-state index contributed by atoms with van der Waals surface area (Å²) in [5.41, 5.74) is 1.63. The molecule has 2 aromatic rings. The van der Waals surface area contributed by atoms with Gasteiger partial charge in [0.05, 0.1) is 12.5 Å². The number of carbonyl (C=O) groups is 2. The molecule has 1 amide bonds. The smallest absolute Gasteiger partial charge is 0.305 e. The molecule has 25 heavy (non-hydrogen) atoms. The summed E-state index contributed by atoms with van der Waals surface area (Å²) in [4.78, 5) is 28.1. The number of piperazine rings is 1. The minimum atomic E-state index is -0.854. The third-order valence-corrected chi connectivity index (χ3v) is 4.62. The highest BCUT2D eigenvalue weighted by atomic mass is 16.4. The summed E-state index contributed by atoms with van der Waals surface area (Å²) < 4.78 is 0. The Morgan fingerprint density at radius 1 is 1.00 bits per heavy atom. The van der Waals surface area contributed by atoms with E-state index in [0.717, 1.165) is 5.69 Å². The van der Waals surface area contributed by atoms with Gasteiger partial charge in [0, 0.05) is 30.4 Å². The van der Waals surface area contributed by atoms with Crippen LogP contribution in [-0.2, 0) is 4.79 Å². The average Bonchev–Trinajstić information content (AvgIpc) is 2.63. The van der Waals surface area contributed by atoms with E-state index in [1.165, 1.54) is 0 Å². The summed E-state index contributed by atoms with van der Waals surface area (Å²) in [6.45, 7) is 3.02. The lowest BCUT2D eigenvalue weighted by atomic mass is 10.0. The molecule has 0 unspecified atom stereocenters. The quantitative estimate of drug-likeness (QED) is 0.931. The fourth-order valence-electron chi connectivity index (χ4n) is 3.38. The van der Waals surface area contributed by atoms with E-state index in [1.807, 2.05) is 55.5 Å². The van der Waals surface area contributed by atoms with Gasteiger partial charge in [0.2, 0.25) is 0 Å². The van der Waals surface area contributed by atoms with Crippen molar-refractivity contribution in [1.29, 1.82) is 0 Å². The maximum atomic E-state index is 12.8. The van der Waals surface area contributed by atoms with Gasteiger partial charge >= 0.3 is 5.97 Å². The van der Waals surface area contributed by atoms with Crippen LogP contribution in [0.25, 0.3) is 0 Å². The first-order chi connectivity index (χ1) is 12.1. The number of carboxylic acid groups (broad SMARTS) is 1. The topological polar surface area (TPSA) is 60.9 Å². The highest BCUT2D eigenvalue weighted by Crippen LogP contribution is 2.26. The van der Waals surface area contributed by atoms with Gasteiger partial charge in [-0.25, -0.2) is 0 Å². The van der Waals surface area contributed by atoms with Gasteiger partial charge in [-0.1, -0.05) is 36.4 Å². The van der Waals surface area contributed by atoms with Crippen LogP contribution in [0, 0.1) is 0 Å². The molecule has 3 rings (SSSR count). The van der Waals surface area contributed by atoms with Crippen LogP contribution in [0.5, 0.6) is 0 Å². The Labute approximate surface area is 147 Å². The number of carbonyl (C=O) groups excluding carboxylic acids is 1. The molecule has 5 nitrogen and oxygen atoms in total. The molecule has 0 aromatic heterocycles. The number of anilines is 1. The van der Waals surface area contributed by atoms with E-state index in [9.17, 15) is 14.7 Å². The molecule has 1 fully saturated rings. The van der Waals surface area contributed by atoms with Crippen LogP contribution in [0.2, 0.25) is 0 Å².